The number of nitrogens with zero attached hydrogens (tertiary/aromatic N) is 2. The number of anilines is 1. The van der Waals surface area contributed by atoms with Gasteiger partial charge in [-0.15, -0.1) is 0 Å². The lowest BCUT2D eigenvalue weighted by atomic mass is 9.97. The largest absolute Gasteiger partial charge is 0.452 e. The Balaban J connectivity index is 2.11. The molecule has 104 valence electrons. The molecule has 1 unspecified atom stereocenters. The van der Waals surface area contributed by atoms with Gasteiger partial charge in [-0.05, 0) is 63.0 Å². The highest BCUT2D eigenvalue weighted by atomic mass is 79.9. The zero-order chi connectivity index (χ0) is 14.3. The van der Waals surface area contributed by atoms with Crippen LogP contribution in [0.5, 0.6) is 0 Å². The van der Waals surface area contributed by atoms with E-state index in [1.807, 2.05) is 41.3 Å². The van der Waals surface area contributed by atoms with Gasteiger partial charge in [-0.3, -0.25) is 9.89 Å². The predicted octanol–water partition coefficient (Wildman–Crippen LogP) is 3.85. The zero-order valence-electron chi connectivity index (χ0n) is 10.8. The standard InChI is InChI=1S/C14H13Br2N3O/c1-14(11-6-7-12(16)20-11)8-18-13(17)19(14)10-5-3-2-4-9(10)15/h2-7H,8H2,1H3,(H2,17,18). The molecule has 0 saturated heterocycles. The summed E-state index contributed by atoms with van der Waals surface area (Å²) in [5.74, 6) is 1.32. The van der Waals surface area contributed by atoms with Crippen LogP contribution in [-0.4, -0.2) is 12.5 Å². The molecule has 6 heteroatoms. The van der Waals surface area contributed by atoms with Crippen molar-refractivity contribution in [2.75, 3.05) is 11.4 Å². The monoisotopic (exact) mass is 397 g/mol. The molecular formula is C14H13Br2N3O. The fourth-order valence-corrected chi connectivity index (χ4v) is 3.21. The molecule has 2 aromatic rings. The number of para-hydroxylation sites is 1. The summed E-state index contributed by atoms with van der Waals surface area (Å²) in [6.45, 7) is 2.63. The molecule has 1 aliphatic rings. The van der Waals surface area contributed by atoms with Gasteiger partial charge in [-0.25, -0.2) is 0 Å². The SMILES string of the molecule is CC1(c2ccc(Br)o2)CN=C(N)N1c1ccccc1Br. The van der Waals surface area contributed by atoms with Gasteiger partial charge in [0.25, 0.3) is 0 Å². The van der Waals surface area contributed by atoms with E-state index in [1.54, 1.807) is 0 Å². The maximum atomic E-state index is 6.10. The van der Waals surface area contributed by atoms with Crippen LogP contribution in [-0.2, 0) is 5.54 Å². The summed E-state index contributed by atoms with van der Waals surface area (Å²) < 4.78 is 7.41. The molecule has 0 spiro atoms. The lowest BCUT2D eigenvalue weighted by molar-refractivity contribution is 0.378. The number of rotatable bonds is 2. The fraction of sp³-hybridized carbons (Fsp3) is 0.214. The number of nitrogens with two attached hydrogens (primary N) is 1. The quantitative estimate of drug-likeness (QED) is 0.835. The van der Waals surface area contributed by atoms with Crippen molar-refractivity contribution in [3.05, 3.63) is 51.3 Å². The Labute approximate surface area is 133 Å². The number of hydrogen-bond acceptors (Lipinski definition) is 4. The van der Waals surface area contributed by atoms with Crippen LogP contribution >= 0.6 is 31.9 Å². The molecule has 0 fully saturated rings. The molecule has 0 amide bonds. The Morgan fingerprint density at radius 3 is 2.65 bits per heavy atom. The second-order valence-corrected chi connectivity index (χ2v) is 6.47. The molecule has 4 nitrogen and oxygen atoms in total. The average Bonchev–Trinajstić information content (AvgIpc) is 2.97. The van der Waals surface area contributed by atoms with Crippen LogP contribution in [0.1, 0.15) is 12.7 Å². The molecule has 3 rings (SSSR count). The minimum absolute atomic E-state index is 0.431. The summed E-state index contributed by atoms with van der Waals surface area (Å²) in [6, 6.07) is 11.8. The molecule has 2 N–H and O–H groups in total. The van der Waals surface area contributed by atoms with Crippen molar-refractivity contribution in [3.8, 4) is 0 Å². The first kappa shape index (κ1) is 13.7. The van der Waals surface area contributed by atoms with E-state index in [0.29, 0.717) is 17.2 Å². The Bertz CT molecular complexity index is 683. The lowest BCUT2D eigenvalue weighted by Gasteiger charge is -2.35. The maximum absolute atomic E-state index is 6.10. The van der Waals surface area contributed by atoms with Gasteiger partial charge in [0.2, 0.25) is 0 Å². The summed E-state index contributed by atoms with van der Waals surface area (Å²) >= 11 is 6.92. The summed E-state index contributed by atoms with van der Waals surface area (Å²) in [5.41, 5.74) is 6.64. The van der Waals surface area contributed by atoms with Crippen LogP contribution in [0.25, 0.3) is 0 Å². The van der Waals surface area contributed by atoms with Crippen molar-refractivity contribution in [2.24, 2.45) is 10.7 Å². The van der Waals surface area contributed by atoms with Gasteiger partial charge in [0, 0.05) is 4.47 Å². The molecule has 0 bridgehead atoms. The van der Waals surface area contributed by atoms with E-state index < -0.39 is 5.54 Å². The first-order valence-corrected chi connectivity index (χ1v) is 7.71. The second-order valence-electron chi connectivity index (χ2n) is 4.84. The normalized spacial score (nSPS) is 22.1. The third-order valence-electron chi connectivity index (χ3n) is 3.47. The minimum atomic E-state index is -0.431. The van der Waals surface area contributed by atoms with E-state index in [1.165, 1.54) is 0 Å². The third kappa shape index (κ3) is 2.07. The summed E-state index contributed by atoms with van der Waals surface area (Å²) in [5, 5.41) is 0. The molecule has 2 heterocycles. The Kier molecular flexibility index (Phi) is 3.38. The van der Waals surface area contributed by atoms with Crippen molar-refractivity contribution in [3.63, 3.8) is 0 Å². The summed E-state index contributed by atoms with van der Waals surface area (Å²) in [7, 11) is 0. The smallest absolute Gasteiger partial charge is 0.196 e. The number of furan rings is 1. The van der Waals surface area contributed by atoms with Crippen molar-refractivity contribution in [1.29, 1.82) is 0 Å². The Morgan fingerprint density at radius 2 is 2.00 bits per heavy atom. The maximum Gasteiger partial charge on any atom is 0.196 e. The first-order chi connectivity index (χ1) is 9.52. The highest BCUT2D eigenvalue weighted by molar-refractivity contribution is 9.10. The molecular weight excluding hydrogens is 386 g/mol. The average molecular weight is 399 g/mol. The molecule has 1 aromatic heterocycles. The number of hydrogen-bond donors (Lipinski definition) is 1. The van der Waals surface area contributed by atoms with Gasteiger partial charge in [0.15, 0.2) is 10.6 Å². The number of halogens is 2. The predicted molar refractivity (Wildman–Crippen MR) is 86.9 cm³/mol. The Morgan fingerprint density at radius 1 is 1.25 bits per heavy atom. The molecule has 20 heavy (non-hydrogen) atoms. The van der Waals surface area contributed by atoms with E-state index in [-0.39, 0.29) is 0 Å². The molecule has 0 aliphatic carbocycles. The van der Waals surface area contributed by atoms with E-state index >= 15 is 0 Å². The van der Waals surface area contributed by atoms with E-state index in [2.05, 4.69) is 43.8 Å². The van der Waals surface area contributed by atoms with E-state index in [4.69, 9.17) is 10.2 Å². The van der Waals surface area contributed by atoms with Gasteiger partial charge in [0.05, 0.1) is 12.2 Å². The van der Waals surface area contributed by atoms with Crippen LogP contribution < -0.4 is 10.6 Å². The van der Waals surface area contributed by atoms with Crippen LogP contribution in [0.3, 0.4) is 0 Å². The lowest BCUT2D eigenvalue weighted by Crippen LogP contribution is -2.47. The van der Waals surface area contributed by atoms with Gasteiger partial charge >= 0.3 is 0 Å². The number of aliphatic imine (C=N–C) groups is 1. The van der Waals surface area contributed by atoms with Gasteiger partial charge in [-0.1, -0.05) is 12.1 Å². The topological polar surface area (TPSA) is 54.8 Å². The summed E-state index contributed by atoms with van der Waals surface area (Å²) in [4.78, 5) is 6.40. The number of benzene rings is 1. The third-order valence-corrected chi connectivity index (χ3v) is 4.57. The van der Waals surface area contributed by atoms with Crippen LogP contribution in [0.15, 0.2) is 54.9 Å². The molecule has 0 radical (unpaired) electrons. The minimum Gasteiger partial charge on any atom is -0.452 e. The van der Waals surface area contributed by atoms with Gasteiger partial charge in [-0.2, -0.15) is 0 Å². The van der Waals surface area contributed by atoms with Crippen molar-refractivity contribution >= 4 is 43.5 Å². The molecule has 1 aromatic carbocycles. The molecule has 1 atom stereocenters. The first-order valence-electron chi connectivity index (χ1n) is 6.13. The highest BCUT2D eigenvalue weighted by Crippen LogP contribution is 2.40. The summed E-state index contributed by atoms with van der Waals surface area (Å²) in [6.07, 6.45) is 0. The fourth-order valence-electron chi connectivity index (χ4n) is 2.44. The second kappa shape index (κ2) is 4.93. The van der Waals surface area contributed by atoms with Crippen molar-refractivity contribution < 1.29 is 4.42 Å². The molecule has 1 aliphatic heterocycles. The Hall–Kier alpha value is -1.27. The van der Waals surface area contributed by atoms with Gasteiger partial charge < -0.3 is 10.2 Å². The van der Waals surface area contributed by atoms with Crippen LogP contribution in [0, 0.1) is 0 Å². The van der Waals surface area contributed by atoms with Crippen LogP contribution in [0.4, 0.5) is 5.69 Å². The zero-order valence-corrected chi connectivity index (χ0v) is 14.0. The van der Waals surface area contributed by atoms with E-state index in [0.717, 1.165) is 15.9 Å². The van der Waals surface area contributed by atoms with E-state index in [9.17, 15) is 0 Å². The van der Waals surface area contributed by atoms with Crippen molar-refractivity contribution in [1.82, 2.24) is 0 Å². The highest BCUT2D eigenvalue weighted by Gasteiger charge is 2.43. The molecule has 0 saturated carbocycles. The van der Waals surface area contributed by atoms with Gasteiger partial charge in [0.1, 0.15) is 11.3 Å². The van der Waals surface area contributed by atoms with Crippen molar-refractivity contribution in [2.45, 2.75) is 12.5 Å². The number of guanidine groups is 1. The van der Waals surface area contributed by atoms with Crippen LogP contribution in [0.2, 0.25) is 0 Å².